The van der Waals surface area contributed by atoms with E-state index in [-0.39, 0.29) is 46.7 Å². The lowest BCUT2D eigenvalue weighted by molar-refractivity contribution is -0.135. The van der Waals surface area contributed by atoms with E-state index in [0.717, 1.165) is 19.3 Å². The molecule has 2 heterocycles. The van der Waals surface area contributed by atoms with E-state index >= 15 is 0 Å². The molecule has 11 heteroatoms. The Hall–Kier alpha value is -3.21. The van der Waals surface area contributed by atoms with Gasteiger partial charge in [0.05, 0.1) is 12.6 Å². The van der Waals surface area contributed by atoms with E-state index in [1.54, 1.807) is 16.7 Å². The highest BCUT2D eigenvalue weighted by atomic mass is 19.3. The van der Waals surface area contributed by atoms with E-state index in [0.29, 0.717) is 44.1 Å². The maximum absolute atomic E-state index is 13.5. The van der Waals surface area contributed by atoms with Crippen molar-refractivity contribution < 1.29 is 32.3 Å². The van der Waals surface area contributed by atoms with Crippen molar-refractivity contribution in [3.8, 4) is 23.0 Å². The second-order valence-electron chi connectivity index (χ2n) is 9.75. The summed E-state index contributed by atoms with van der Waals surface area (Å²) in [5, 5.41) is 0. The molecule has 0 spiro atoms. The summed E-state index contributed by atoms with van der Waals surface area (Å²) in [5.74, 6) is 0.573. The van der Waals surface area contributed by atoms with Gasteiger partial charge in [0.1, 0.15) is 0 Å². The Kier molecular flexibility index (Phi) is 8.31. The molecular formula is C26H34F2N4O5. The van der Waals surface area contributed by atoms with Gasteiger partial charge in [-0.15, -0.1) is 0 Å². The van der Waals surface area contributed by atoms with E-state index in [1.165, 1.54) is 18.2 Å². The van der Waals surface area contributed by atoms with Gasteiger partial charge in [-0.25, -0.2) is 4.98 Å². The first-order chi connectivity index (χ1) is 17.7. The molecule has 1 aromatic carbocycles. The number of benzene rings is 1. The van der Waals surface area contributed by atoms with Gasteiger partial charge in [-0.3, -0.25) is 9.59 Å². The van der Waals surface area contributed by atoms with Crippen LogP contribution in [0.3, 0.4) is 0 Å². The second kappa shape index (κ2) is 11.5. The zero-order valence-corrected chi connectivity index (χ0v) is 21.4. The molecule has 0 unspecified atom stereocenters. The van der Waals surface area contributed by atoms with Gasteiger partial charge in [-0.2, -0.15) is 8.78 Å². The molecule has 202 valence electrons. The predicted molar refractivity (Wildman–Crippen MR) is 131 cm³/mol. The summed E-state index contributed by atoms with van der Waals surface area (Å²) in [6.07, 6.45) is 3.32. The van der Waals surface area contributed by atoms with Gasteiger partial charge in [0.25, 0.3) is 5.91 Å². The number of oxazole rings is 1. The summed E-state index contributed by atoms with van der Waals surface area (Å²) in [6, 6.07) is 3.67. The normalized spacial score (nSPS) is 18.7. The minimum atomic E-state index is -3.00. The van der Waals surface area contributed by atoms with Crippen molar-refractivity contribution in [3.05, 3.63) is 29.7 Å². The van der Waals surface area contributed by atoms with Crippen LogP contribution in [0.1, 0.15) is 68.7 Å². The third-order valence-corrected chi connectivity index (χ3v) is 6.55. The average Bonchev–Trinajstić information content (AvgIpc) is 3.57. The Balaban J connectivity index is 1.57. The first-order valence-electron chi connectivity index (χ1n) is 12.7. The Bertz CT molecular complexity index is 1120. The number of alkyl halides is 2. The van der Waals surface area contributed by atoms with Crippen molar-refractivity contribution in [1.82, 2.24) is 14.8 Å². The fourth-order valence-corrected chi connectivity index (χ4v) is 4.38. The fourth-order valence-electron chi connectivity index (χ4n) is 4.38. The maximum Gasteiger partial charge on any atom is 0.387 e. The minimum absolute atomic E-state index is 0.0841. The molecule has 2 fully saturated rings. The molecule has 37 heavy (non-hydrogen) atoms. The number of carbonyl (C=O) groups is 2. The summed E-state index contributed by atoms with van der Waals surface area (Å²) in [7, 11) is 0. The molecule has 1 saturated carbocycles. The van der Waals surface area contributed by atoms with Gasteiger partial charge in [-0.1, -0.05) is 6.92 Å². The first kappa shape index (κ1) is 26.8. The smallest absolute Gasteiger partial charge is 0.387 e. The van der Waals surface area contributed by atoms with Crippen molar-refractivity contribution in [2.75, 3.05) is 26.2 Å². The molecule has 1 aliphatic carbocycles. The Morgan fingerprint density at radius 3 is 2.62 bits per heavy atom. The summed E-state index contributed by atoms with van der Waals surface area (Å²) >= 11 is 0. The van der Waals surface area contributed by atoms with Crippen LogP contribution in [-0.4, -0.2) is 65.5 Å². The van der Waals surface area contributed by atoms with Crippen LogP contribution in [0.4, 0.5) is 8.78 Å². The Morgan fingerprint density at radius 1 is 1.24 bits per heavy atom. The lowest BCUT2D eigenvalue weighted by atomic mass is 10.1. The van der Waals surface area contributed by atoms with Crippen LogP contribution in [0, 0.1) is 5.92 Å². The number of carbonyl (C=O) groups excluding carboxylic acids is 2. The topological polar surface area (TPSA) is 111 Å². The van der Waals surface area contributed by atoms with Crippen molar-refractivity contribution >= 4 is 11.8 Å². The number of amides is 2. The molecule has 9 nitrogen and oxygen atoms in total. The second-order valence-corrected chi connectivity index (χ2v) is 9.75. The van der Waals surface area contributed by atoms with Crippen LogP contribution in [0.25, 0.3) is 11.5 Å². The largest absolute Gasteiger partial charge is 0.489 e. The van der Waals surface area contributed by atoms with Crippen molar-refractivity contribution in [2.24, 2.45) is 11.7 Å². The van der Waals surface area contributed by atoms with Crippen LogP contribution in [0.15, 0.2) is 22.6 Å². The fraction of sp³-hybridized carbons (Fsp3) is 0.577. The standard InChI is InChI=1S/C26H34F2N4O5/c1-4-5-21(33)32-11-10-31(13-15(32)2)25(34)22-23(16(3)29)37-24(30-22)18-8-9-19(36-26(27)28)20(12-18)35-14-17-6-7-17/h8-9,12,15-17,26H,4-7,10-11,13-14,29H2,1-3H3/t15-,16+/m1/s1. The van der Waals surface area contributed by atoms with Gasteiger partial charge >= 0.3 is 6.61 Å². The van der Waals surface area contributed by atoms with E-state index in [1.807, 2.05) is 13.8 Å². The lowest BCUT2D eigenvalue weighted by Crippen LogP contribution is -2.55. The molecule has 1 aromatic heterocycles. The zero-order valence-electron chi connectivity index (χ0n) is 21.4. The average molecular weight is 521 g/mol. The predicted octanol–water partition coefficient (Wildman–Crippen LogP) is 4.22. The first-order valence-corrected chi connectivity index (χ1v) is 12.7. The molecular weight excluding hydrogens is 486 g/mol. The van der Waals surface area contributed by atoms with Crippen LogP contribution in [-0.2, 0) is 4.79 Å². The molecule has 2 aliphatic rings. The number of nitrogens with two attached hydrogens (primary N) is 1. The number of rotatable bonds is 10. The quantitative estimate of drug-likeness (QED) is 0.499. The Morgan fingerprint density at radius 2 is 2.00 bits per heavy atom. The summed E-state index contributed by atoms with van der Waals surface area (Å²) < 4.78 is 42.1. The molecule has 1 aliphatic heterocycles. The molecule has 0 radical (unpaired) electrons. The lowest BCUT2D eigenvalue weighted by Gasteiger charge is -2.39. The summed E-state index contributed by atoms with van der Waals surface area (Å²) in [6.45, 7) is 4.15. The molecule has 0 bridgehead atoms. The van der Waals surface area contributed by atoms with Gasteiger partial charge in [0.2, 0.25) is 11.8 Å². The molecule has 1 saturated heterocycles. The van der Waals surface area contributed by atoms with E-state index in [2.05, 4.69) is 9.72 Å². The Labute approximate surface area is 214 Å². The third-order valence-electron chi connectivity index (χ3n) is 6.55. The van der Waals surface area contributed by atoms with Gasteiger partial charge < -0.3 is 29.4 Å². The van der Waals surface area contributed by atoms with Crippen LogP contribution in [0.5, 0.6) is 11.5 Å². The number of aromatic nitrogens is 1. The highest BCUT2D eigenvalue weighted by molar-refractivity contribution is 5.94. The SMILES string of the molecule is CCCC(=O)N1CCN(C(=O)c2nc(-c3ccc(OC(F)F)c(OCC4CC4)c3)oc2[C@H](C)N)C[C@H]1C. The van der Waals surface area contributed by atoms with Crippen molar-refractivity contribution in [2.45, 2.75) is 65.1 Å². The number of halogens is 2. The van der Waals surface area contributed by atoms with Gasteiger partial charge in [0, 0.05) is 37.7 Å². The summed E-state index contributed by atoms with van der Waals surface area (Å²) in [5.41, 5.74) is 6.64. The third kappa shape index (κ3) is 6.38. The minimum Gasteiger partial charge on any atom is -0.489 e. The molecule has 2 amide bonds. The highest BCUT2D eigenvalue weighted by Gasteiger charge is 2.33. The highest BCUT2D eigenvalue weighted by Crippen LogP contribution is 2.37. The molecule has 2 aromatic rings. The van der Waals surface area contributed by atoms with Crippen LogP contribution in [0.2, 0.25) is 0 Å². The van der Waals surface area contributed by atoms with Crippen molar-refractivity contribution in [3.63, 3.8) is 0 Å². The van der Waals surface area contributed by atoms with E-state index < -0.39 is 12.7 Å². The number of piperazine rings is 1. The summed E-state index contributed by atoms with van der Waals surface area (Å²) in [4.78, 5) is 33.8. The van der Waals surface area contributed by atoms with Crippen molar-refractivity contribution in [1.29, 1.82) is 0 Å². The van der Waals surface area contributed by atoms with E-state index in [4.69, 9.17) is 14.9 Å². The molecule has 2 atom stereocenters. The molecule has 2 N–H and O–H groups in total. The van der Waals surface area contributed by atoms with Crippen LogP contribution < -0.4 is 15.2 Å². The van der Waals surface area contributed by atoms with E-state index in [9.17, 15) is 18.4 Å². The van der Waals surface area contributed by atoms with Gasteiger partial charge in [0.15, 0.2) is 23.0 Å². The number of nitrogens with zero attached hydrogens (tertiary/aromatic N) is 3. The number of hydrogen-bond acceptors (Lipinski definition) is 7. The van der Waals surface area contributed by atoms with Crippen LogP contribution >= 0.6 is 0 Å². The number of ether oxygens (including phenoxy) is 2. The maximum atomic E-state index is 13.5. The van der Waals surface area contributed by atoms with Gasteiger partial charge in [-0.05, 0) is 57.2 Å². The molecule has 4 rings (SSSR count). The number of hydrogen-bond donors (Lipinski definition) is 1. The monoisotopic (exact) mass is 520 g/mol. The zero-order chi connectivity index (χ0) is 26.7.